The van der Waals surface area contributed by atoms with Gasteiger partial charge in [-0.1, -0.05) is 53.8 Å². The van der Waals surface area contributed by atoms with Crippen LogP contribution in [-0.2, 0) is 18.4 Å². The second-order valence-electron chi connectivity index (χ2n) is 6.14. The average Bonchev–Trinajstić information content (AvgIpc) is 2.95. The van der Waals surface area contributed by atoms with Gasteiger partial charge < -0.3 is 4.57 Å². The summed E-state index contributed by atoms with van der Waals surface area (Å²) in [5, 5.41) is 0. The fourth-order valence-electron chi connectivity index (χ4n) is 2.68. The average molecular weight is 357 g/mol. The zero-order valence-electron chi connectivity index (χ0n) is 14.3. The maximum Gasteiger partial charge on any atom is 0.266 e. The first-order valence-corrected chi connectivity index (χ1v) is 9.03. The normalized spacial score (nSPS) is 16.5. The predicted molar refractivity (Wildman–Crippen MR) is 105 cm³/mol. The van der Waals surface area contributed by atoms with Crippen molar-refractivity contribution >= 4 is 40.3 Å². The van der Waals surface area contributed by atoms with E-state index in [9.17, 15) is 4.79 Å². The number of nitrogens with zero attached hydrogens (tertiary/aromatic N) is 2. The van der Waals surface area contributed by atoms with Gasteiger partial charge in [-0.2, -0.15) is 0 Å². The van der Waals surface area contributed by atoms with Gasteiger partial charge in [-0.05, 0) is 44.0 Å². The topological polar surface area (TPSA) is 25.2 Å². The van der Waals surface area contributed by atoms with Gasteiger partial charge in [0.15, 0.2) is 0 Å². The fourth-order valence-corrected chi connectivity index (χ4v) is 3.93. The molecule has 2 heterocycles. The molecule has 1 aliphatic rings. The molecule has 2 aromatic rings. The van der Waals surface area contributed by atoms with Crippen LogP contribution in [0.4, 0.5) is 0 Å². The molecule has 5 heteroatoms. The number of rotatable bonds is 3. The number of carbonyl (C=O) groups is 1. The van der Waals surface area contributed by atoms with Crippen LogP contribution in [-0.4, -0.2) is 19.7 Å². The zero-order chi connectivity index (χ0) is 17.4. The second-order valence-corrected chi connectivity index (χ2v) is 7.81. The predicted octanol–water partition coefficient (Wildman–Crippen LogP) is 4.35. The van der Waals surface area contributed by atoms with Crippen molar-refractivity contribution in [2.75, 3.05) is 0 Å². The summed E-state index contributed by atoms with van der Waals surface area (Å²) in [6.45, 7) is 6.70. The number of thioether (sulfide) groups is 1. The molecule has 1 aliphatic heterocycles. The number of amides is 1. The third-order valence-electron chi connectivity index (χ3n) is 4.44. The maximum absolute atomic E-state index is 12.7. The Labute approximate surface area is 152 Å². The van der Waals surface area contributed by atoms with Crippen LogP contribution in [0.15, 0.2) is 35.2 Å². The van der Waals surface area contributed by atoms with Crippen molar-refractivity contribution in [1.82, 2.24) is 9.47 Å². The molecule has 1 aromatic carbocycles. The lowest BCUT2D eigenvalue weighted by Gasteiger charge is -2.14. The molecule has 0 bridgehead atoms. The Morgan fingerprint density at radius 3 is 2.42 bits per heavy atom. The Bertz CT molecular complexity index is 847. The summed E-state index contributed by atoms with van der Waals surface area (Å²) in [6.07, 6.45) is 1.96. The van der Waals surface area contributed by atoms with Crippen LogP contribution >= 0.6 is 24.0 Å². The maximum atomic E-state index is 12.7. The van der Waals surface area contributed by atoms with Crippen molar-refractivity contribution in [3.63, 3.8) is 0 Å². The molecular weight excluding hydrogens is 336 g/mol. The van der Waals surface area contributed by atoms with E-state index in [1.165, 1.54) is 23.0 Å². The largest absolute Gasteiger partial charge is 0.352 e. The minimum Gasteiger partial charge on any atom is -0.352 e. The highest BCUT2D eigenvalue weighted by molar-refractivity contribution is 8.26. The van der Waals surface area contributed by atoms with Gasteiger partial charge in [0.25, 0.3) is 5.91 Å². The van der Waals surface area contributed by atoms with E-state index >= 15 is 0 Å². The molecule has 0 radical (unpaired) electrons. The van der Waals surface area contributed by atoms with E-state index in [-0.39, 0.29) is 5.91 Å². The zero-order valence-corrected chi connectivity index (χ0v) is 15.9. The second kappa shape index (κ2) is 6.57. The molecule has 1 aromatic heterocycles. The van der Waals surface area contributed by atoms with Crippen LogP contribution in [0.2, 0.25) is 0 Å². The number of aromatic nitrogens is 1. The molecular formula is C19H20N2OS2. The molecule has 1 amide bonds. The molecule has 0 unspecified atom stereocenters. The fraction of sp³-hybridized carbons (Fsp3) is 0.263. The van der Waals surface area contributed by atoms with E-state index in [4.69, 9.17) is 12.2 Å². The van der Waals surface area contributed by atoms with Crippen molar-refractivity contribution in [3.05, 3.63) is 63.3 Å². The lowest BCUT2D eigenvalue weighted by molar-refractivity contribution is -0.122. The molecule has 1 saturated heterocycles. The minimum absolute atomic E-state index is 0.00789. The number of hydrogen-bond donors (Lipinski definition) is 0. The summed E-state index contributed by atoms with van der Waals surface area (Å²) in [4.78, 5) is 15.1. The monoisotopic (exact) mass is 356 g/mol. The Morgan fingerprint density at radius 1 is 1.17 bits per heavy atom. The highest BCUT2D eigenvalue weighted by Crippen LogP contribution is 2.34. The molecule has 24 heavy (non-hydrogen) atoms. The van der Waals surface area contributed by atoms with Crippen LogP contribution in [0, 0.1) is 20.8 Å². The lowest BCUT2D eigenvalue weighted by atomic mass is 10.1. The van der Waals surface area contributed by atoms with Crippen LogP contribution < -0.4 is 0 Å². The highest BCUT2D eigenvalue weighted by atomic mass is 32.2. The number of aryl methyl sites for hydroxylation is 2. The van der Waals surface area contributed by atoms with E-state index in [2.05, 4.69) is 43.5 Å². The summed E-state index contributed by atoms with van der Waals surface area (Å²) < 4.78 is 2.75. The van der Waals surface area contributed by atoms with Crippen molar-refractivity contribution in [3.8, 4) is 0 Å². The summed E-state index contributed by atoms with van der Waals surface area (Å²) in [7, 11) is 2.03. The smallest absolute Gasteiger partial charge is 0.266 e. The number of carbonyl (C=O) groups excluding carboxylic acids is 1. The van der Waals surface area contributed by atoms with Gasteiger partial charge >= 0.3 is 0 Å². The third kappa shape index (κ3) is 3.19. The van der Waals surface area contributed by atoms with Crippen molar-refractivity contribution in [1.29, 1.82) is 0 Å². The SMILES string of the molecule is Cc1ccc(CN2C(=O)/C(=C/c3cc(C)n(C)c3C)SC2=S)cc1. The van der Waals surface area contributed by atoms with Gasteiger partial charge in [0.1, 0.15) is 4.32 Å². The first kappa shape index (κ1) is 17.0. The van der Waals surface area contributed by atoms with Crippen LogP contribution in [0.1, 0.15) is 28.1 Å². The Hall–Kier alpha value is -1.85. The third-order valence-corrected chi connectivity index (χ3v) is 5.81. The number of hydrogen-bond acceptors (Lipinski definition) is 3. The Kier molecular flexibility index (Phi) is 4.65. The molecule has 0 aliphatic carbocycles. The van der Waals surface area contributed by atoms with E-state index < -0.39 is 0 Å². The first-order valence-electron chi connectivity index (χ1n) is 7.80. The van der Waals surface area contributed by atoms with Crippen molar-refractivity contribution < 1.29 is 4.79 Å². The first-order chi connectivity index (χ1) is 11.4. The Balaban J connectivity index is 1.84. The van der Waals surface area contributed by atoms with Crippen LogP contribution in [0.25, 0.3) is 6.08 Å². The molecule has 0 saturated carbocycles. The minimum atomic E-state index is -0.00789. The quantitative estimate of drug-likeness (QED) is 0.604. The summed E-state index contributed by atoms with van der Waals surface area (Å²) >= 11 is 6.80. The van der Waals surface area contributed by atoms with Gasteiger partial charge in [0.05, 0.1) is 11.4 Å². The summed E-state index contributed by atoms with van der Waals surface area (Å²) in [5.74, 6) is -0.00789. The molecule has 3 nitrogen and oxygen atoms in total. The molecule has 1 fully saturated rings. The van der Waals surface area contributed by atoms with E-state index in [1.54, 1.807) is 4.90 Å². The van der Waals surface area contributed by atoms with Crippen LogP contribution in [0.3, 0.4) is 0 Å². The number of benzene rings is 1. The van der Waals surface area contributed by atoms with Crippen LogP contribution in [0.5, 0.6) is 0 Å². The lowest BCUT2D eigenvalue weighted by Crippen LogP contribution is -2.27. The van der Waals surface area contributed by atoms with Gasteiger partial charge in [0, 0.05) is 18.4 Å². The van der Waals surface area contributed by atoms with Crippen molar-refractivity contribution in [2.24, 2.45) is 7.05 Å². The standard InChI is InChI=1S/C19H20N2OS2/c1-12-5-7-15(8-6-12)11-21-18(22)17(24-19(21)23)10-16-9-13(2)20(4)14(16)3/h5-10H,11H2,1-4H3/b17-10-. The number of thiocarbonyl (C=S) groups is 1. The molecule has 0 atom stereocenters. The van der Waals surface area contributed by atoms with E-state index in [0.29, 0.717) is 15.8 Å². The van der Waals surface area contributed by atoms with Gasteiger partial charge in [-0.3, -0.25) is 9.69 Å². The van der Waals surface area contributed by atoms with Gasteiger partial charge in [0.2, 0.25) is 0 Å². The van der Waals surface area contributed by atoms with E-state index in [1.807, 2.05) is 25.3 Å². The van der Waals surface area contributed by atoms with Gasteiger partial charge in [-0.25, -0.2) is 0 Å². The highest BCUT2D eigenvalue weighted by Gasteiger charge is 2.32. The molecule has 124 valence electrons. The summed E-state index contributed by atoms with van der Waals surface area (Å²) in [5.41, 5.74) is 5.69. The Morgan fingerprint density at radius 2 is 1.83 bits per heavy atom. The molecule has 0 spiro atoms. The molecule has 3 rings (SSSR count). The summed E-state index contributed by atoms with van der Waals surface area (Å²) in [6, 6.07) is 10.3. The molecule has 0 N–H and O–H groups in total. The van der Waals surface area contributed by atoms with Crippen molar-refractivity contribution in [2.45, 2.75) is 27.3 Å². The van der Waals surface area contributed by atoms with E-state index in [0.717, 1.165) is 16.8 Å². The van der Waals surface area contributed by atoms with Gasteiger partial charge in [-0.15, -0.1) is 0 Å².